The second-order valence-electron chi connectivity index (χ2n) is 8.62. The lowest BCUT2D eigenvalue weighted by Gasteiger charge is -2.35. The summed E-state index contributed by atoms with van der Waals surface area (Å²) in [6.07, 6.45) is 2.05. The molecule has 0 saturated heterocycles. The number of amides is 1. The van der Waals surface area contributed by atoms with Crippen molar-refractivity contribution in [1.82, 2.24) is 15.3 Å². The molecule has 172 valence electrons. The molecule has 1 heterocycles. The number of carboxylic acid groups (broad SMARTS) is 1. The highest BCUT2D eigenvalue weighted by Crippen LogP contribution is 2.34. The summed E-state index contributed by atoms with van der Waals surface area (Å²) in [6, 6.07) is 17.7. The van der Waals surface area contributed by atoms with E-state index in [4.69, 9.17) is 26.2 Å². The summed E-state index contributed by atoms with van der Waals surface area (Å²) in [6.45, 7) is 4.60. The maximum Gasteiger partial charge on any atom is 0.404 e. The van der Waals surface area contributed by atoms with Crippen LogP contribution in [0, 0.1) is 0 Å². The van der Waals surface area contributed by atoms with Crippen molar-refractivity contribution in [2.45, 2.75) is 50.9 Å². The minimum absolute atomic E-state index is 0.0179. The molecule has 1 saturated carbocycles. The Kier molecular flexibility index (Phi) is 6.70. The highest BCUT2D eigenvalue weighted by Gasteiger charge is 2.32. The Morgan fingerprint density at radius 2 is 1.67 bits per heavy atom. The first-order valence-electron chi connectivity index (χ1n) is 10.8. The van der Waals surface area contributed by atoms with Crippen molar-refractivity contribution >= 4 is 17.7 Å². The predicted molar refractivity (Wildman–Crippen MR) is 125 cm³/mol. The van der Waals surface area contributed by atoms with Crippen LogP contribution in [-0.4, -0.2) is 33.3 Å². The van der Waals surface area contributed by atoms with Gasteiger partial charge in [0.15, 0.2) is 5.82 Å². The van der Waals surface area contributed by atoms with Gasteiger partial charge in [-0.2, -0.15) is 0 Å². The van der Waals surface area contributed by atoms with Crippen molar-refractivity contribution < 1.29 is 19.4 Å². The molecule has 2 aromatic carbocycles. The van der Waals surface area contributed by atoms with Gasteiger partial charge in [0.2, 0.25) is 0 Å². The number of hydrogen-bond donors (Lipinski definition) is 2. The molecule has 1 aliphatic carbocycles. The monoisotopic (exact) mass is 467 g/mol. The number of ether oxygens (including phenoxy) is 2. The van der Waals surface area contributed by atoms with Crippen LogP contribution in [0.5, 0.6) is 11.5 Å². The van der Waals surface area contributed by atoms with Crippen LogP contribution in [0.25, 0.3) is 0 Å². The summed E-state index contributed by atoms with van der Waals surface area (Å²) < 4.78 is 11.7. The first-order chi connectivity index (χ1) is 15.8. The third kappa shape index (κ3) is 5.73. The van der Waals surface area contributed by atoms with Gasteiger partial charge >= 0.3 is 6.09 Å². The quantitative estimate of drug-likeness (QED) is 0.441. The number of rotatable bonds is 8. The standard InChI is InChI=1S/C25H26ClN3O4/c1-25(2,16-3-7-19(8-4-16)32-15-23-27-12-11-22(26)29-23)17-5-9-20(10-6-17)33-21-13-18(14-21)28-24(30)31/h3-12,18,21,28H,13-15H2,1-2H3,(H,30,31). The van der Waals surface area contributed by atoms with Crippen LogP contribution >= 0.6 is 11.6 Å². The Labute approximate surface area is 197 Å². The van der Waals surface area contributed by atoms with E-state index in [1.54, 1.807) is 12.3 Å². The van der Waals surface area contributed by atoms with Crippen LogP contribution in [0.15, 0.2) is 60.8 Å². The lowest BCUT2D eigenvalue weighted by molar-refractivity contribution is 0.0833. The second kappa shape index (κ2) is 9.67. The summed E-state index contributed by atoms with van der Waals surface area (Å²) in [5, 5.41) is 11.6. The maximum atomic E-state index is 10.7. The zero-order chi connectivity index (χ0) is 23.4. The molecular formula is C25H26ClN3O4. The summed E-state index contributed by atoms with van der Waals surface area (Å²) in [5.41, 5.74) is 2.11. The van der Waals surface area contributed by atoms with E-state index in [0.717, 1.165) is 22.6 Å². The van der Waals surface area contributed by atoms with Gasteiger partial charge in [0.05, 0.1) is 0 Å². The smallest absolute Gasteiger partial charge is 0.404 e. The first kappa shape index (κ1) is 22.9. The molecule has 0 atom stereocenters. The van der Waals surface area contributed by atoms with Crippen LogP contribution in [0.2, 0.25) is 5.15 Å². The van der Waals surface area contributed by atoms with E-state index < -0.39 is 6.09 Å². The third-order valence-electron chi connectivity index (χ3n) is 5.92. The molecule has 3 aromatic rings. The summed E-state index contributed by atoms with van der Waals surface area (Å²) in [7, 11) is 0. The van der Waals surface area contributed by atoms with E-state index in [-0.39, 0.29) is 24.2 Å². The molecule has 8 heteroatoms. The van der Waals surface area contributed by atoms with E-state index in [2.05, 4.69) is 53.4 Å². The fourth-order valence-electron chi connectivity index (χ4n) is 3.82. The van der Waals surface area contributed by atoms with Crippen LogP contribution in [-0.2, 0) is 12.0 Å². The van der Waals surface area contributed by atoms with Gasteiger partial charge in [0, 0.05) is 30.5 Å². The SMILES string of the molecule is CC(C)(c1ccc(OCc2nccc(Cl)n2)cc1)c1ccc(OC2CC(NC(=O)O)C2)cc1. The molecule has 0 unspecified atom stereocenters. The Balaban J connectivity index is 1.34. The Bertz CT molecular complexity index is 1100. The van der Waals surface area contributed by atoms with Crippen LogP contribution < -0.4 is 14.8 Å². The van der Waals surface area contributed by atoms with Crippen LogP contribution in [0.3, 0.4) is 0 Å². The predicted octanol–water partition coefficient (Wildman–Crippen LogP) is 5.21. The minimum Gasteiger partial charge on any atom is -0.490 e. The lowest BCUT2D eigenvalue weighted by Crippen LogP contribution is -2.48. The maximum absolute atomic E-state index is 10.7. The Hall–Kier alpha value is -3.32. The largest absolute Gasteiger partial charge is 0.490 e. The number of hydrogen-bond acceptors (Lipinski definition) is 5. The normalized spacial score (nSPS) is 17.7. The lowest BCUT2D eigenvalue weighted by atomic mass is 9.78. The van der Waals surface area contributed by atoms with E-state index in [0.29, 0.717) is 23.8 Å². The van der Waals surface area contributed by atoms with Gasteiger partial charge in [-0.05, 0) is 41.5 Å². The summed E-state index contributed by atoms with van der Waals surface area (Å²) >= 11 is 5.89. The van der Waals surface area contributed by atoms with Crippen molar-refractivity contribution in [3.8, 4) is 11.5 Å². The minimum atomic E-state index is -0.986. The van der Waals surface area contributed by atoms with Gasteiger partial charge in [-0.1, -0.05) is 49.7 Å². The van der Waals surface area contributed by atoms with Crippen molar-refractivity contribution in [1.29, 1.82) is 0 Å². The number of benzene rings is 2. The van der Waals surface area contributed by atoms with E-state index in [1.165, 1.54) is 0 Å². The summed E-state index contributed by atoms with van der Waals surface area (Å²) in [5.74, 6) is 2.06. The molecule has 33 heavy (non-hydrogen) atoms. The van der Waals surface area contributed by atoms with E-state index in [9.17, 15) is 4.79 Å². The topological polar surface area (TPSA) is 93.6 Å². The zero-order valence-electron chi connectivity index (χ0n) is 18.5. The van der Waals surface area contributed by atoms with Crippen molar-refractivity contribution in [3.05, 3.63) is 82.9 Å². The van der Waals surface area contributed by atoms with Gasteiger partial charge in [-0.3, -0.25) is 0 Å². The molecule has 7 nitrogen and oxygen atoms in total. The van der Waals surface area contributed by atoms with E-state index >= 15 is 0 Å². The van der Waals surface area contributed by atoms with Gasteiger partial charge in [-0.15, -0.1) is 0 Å². The molecule has 1 fully saturated rings. The van der Waals surface area contributed by atoms with Crippen LogP contribution in [0.4, 0.5) is 4.79 Å². The highest BCUT2D eigenvalue weighted by atomic mass is 35.5. The average molecular weight is 468 g/mol. The van der Waals surface area contributed by atoms with E-state index in [1.807, 2.05) is 24.3 Å². The molecular weight excluding hydrogens is 442 g/mol. The molecule has 0 spiro atoms. The molecule has 1 aliphatic rings. The molecule has 4 rings (SSSR count). The Morgan fingerprint density at radius 1 is 1.06 bits per heavy atom. The second-order valence-corrected chi connectivity index (χ2v) is 9.00. The first-order valence-corrected chi connectivity index (χ1v) is 11.1. The number of nitrogens with one attached hydrogen (secondary N) is 1. The fraction of sp³-hybridized carbons (Fsp3) is 0.320. The molecule has 2 N–H and O–H groups in total. The Morgan fingerprint density at radius 3 is 2.24 bits per heavy atom. The molecule has 0 bridgehead atoms. The van der Waals surface area contributed by atoms with Crippen LogP contribution in [0.1, 0.15) is 43.6 Å². The number of halogens is 1. The average Bonchev–Trinajstić information content (AvgIpc) is 2.77. The van der Waals surface area contributed by atoms with Crippen molar-refractivity contribution in [3.63, 3.8) is 0 Å². The number of carbonyl (C=O) groups is 1. The highest BCUT2D eigenvalue weighted by molar-refractivity contribution is 6.29. The number of aromatic nitrogens is 2. The number of nitrogens with zero attached hydrogens (tertiary/aromatic N) is 2. The third-order valence-corrected chi connectivity index (χ3v) is 6.13. The fourth-order valence-corrected chi connectivity index (χ4v) is 3.98. The molecule has 0 aliphatic heterocycles. The molecule has 1 amide bonds. The molecule has 0 radical (unpaired) electrons. The van der Waals surface area contributed by atoms with Gasteiger partial charge < -0.3 is 19.9 Å². The summed E-state index contributed by atoms with van der Waals surface area (Å²) in [4.78, 5) is 18.9. The van der Waals surface area contributed by atoms with Crippen molar-refractivity contribution in [2.24, 2.45) is 0 Å². The zero-order valence-corrected chi connectivity index (χ0v) is 19.2. The molecule has 1 aromatic heterocycles. The van der Waals surface area contributed by atoms with Gasteiger partial charge in [-0.25, -0.2) is 14.8 Å². The van der Waals surface area contributed by atoms with Gasteiger partial charge in [0.1, 0.15) is 29.4 Å². The van der Waals surface area contributed by atoms with Crippen molar-refractivity contribution in [2.75, 3.05) is 0 Å². The van der Waals surface area contributed by atoms with Gasteiger partial charge in [0.25, 0.3) is 0 Å².